The van der Waals surface area contributed by atoms with Gasteiger partial charge in [0.2, 0.25) is 23.6 Å². The number of aliphatic carboxylic acids is 1. The second-order valence-electron chi connectivity index (χ2n) is 7.71. The van der Waals surface area contributed by atoms with Gasteiger partial charge in [0.1, 0.15) is 12.1 Å². The summed E-state index contributed by atoms with van der Waals surface area (Å²) < 4.78 is 0. The van der Waals surface area contributed by atoms with E-state index in [9.17, 15) is 34.2 Å². The summed E-state index contributed by atoms with van der Waals surface area (Å²) in [5.74, 6) is -3.27. The van der Waals surface area contributed by atoms with E-state index in [1.807, 2.05) is 6.26 Å². The van der Waals surface area contributed by atoms with Gasteiger partial charge >= 0.3 is 5.97 Å². The van der Waals surface area contributed by atoms with Gasteiger partial charge in [-0.1, -0.05) is 0 Å². The van der Waals surface area contributed by atoms with Gasteiger partial charge in [0.05, 0.1) is 12.1 Å². The molecule has 1 fully saturated rings. The molecule has 1 saturated heterocycles. The smallest absolute Gasteiger partial charge is 0.328 e. The fourth-order valence-electron chi connectivity index (χ4n) is 3.34. The van der Waals surface area contributed by atoms with Gasteiger partial charge in [0.25, 0.3) is 0 Å². The van der Waals surface area contributed by atoms with E-state index in [2.05, 4.69) is 10.6 Å². The zero-order chi connectivity index (χ0) is 24.4. The lowest BCUT2D eigenvalue weighted by Gasteiger charge is -2.30. The lowest BCUT2D eigenvalue weighted by atomic mass is 10.1. The number of likely N-dealkylation sites (tertiary alicyclic amines) is 1. The second-order valence-corrected chi connectivity index (χ2v) is 8.69. The molecule has 1 aliphatic rings. The highest BCUT2D eigenvalue weighted by molar-refractivity contribution is 7.98. The summed E-state index contributed by atoms with van der Waals surface area (Å²) >= 11 is 1.52. The normalized spacial score (nSPS) is 19.5. The summed E-state index contributed by atoms with van der Waals surface area (Å²) in [6.07, 6.45) is 1.47. The van der Waals surface area contributed by atoms with Gasteiger partial charge in [-0.3, -0.25) is 19.2 Å². The Hall–Kier alpha value is -2.38. The molecule has 5 atom stereocenters. The van der Waals surface area contributed by atoms with Crippen molar-refractivity contribution < 1.29 is 34.2 Å². The monoisotopic (exact) mass is 475 g/mol. The molecule has 0 aromatic heterocycles. The van der Waals surface area contributed by atoms with Crippen molar-refractivity contribution in [2.24, 2.45) is 11.5 Å². The minimum atomic E-state index is -1.53. The minimum Gasteiger partial charge on any atom is -0.480 e. The van der Waals surface area contributed by atoms with E-state index in [1.165, 1.54) is 23.6 Å². The summed E-state index contributed by atoms with van der Waals surface area (Å²) in [4.78, 5) is 62.0. The number of hydrogen-bond donors (Lipinski definition) is 6. The van der Waals surface area contributed by atoms with Gasteiger partial charge < -0.3 is 37.2 Å². The Bertz CT molecular complexity index is 706. The largest absolute Gasteiger partial charge is 0.480 e. The van der Waals surface area contributed by atoms with Gasteiger partial charge in [0, 0.05) is 13.0 Å². The number of carboxylic acids is 1. The van der Waals surface area contributed by atoms with E-state index in [1.54, 1.807) is 0 Å². The van der Waals surface area contributed by atoms with Crippen LogP contribution in [0, 0.1) is 0 Å². The molecule has 0 aromatic carbocycles. The lowest BCUT2D eigenvalue weighted by Crippen LogP contribution is -2.58. The van der Waals surface area contributed by atoms with E-state index in [0.717, 1.165) is 0 Å². The molecule has 0 saturated carbocycles. The predicted molar refractivity (Wildman–Crippen MR) is 117 cm³/mol. The van der Waals surface area contributed by atoms with E-state index in [-0.39, 0.29) is 25.8 Å². The summed E-state index contributed by atoms with van der Waals surface area (Å²) in [5.41, 5.74) is 11.1. The molecule has 13 heteroatoms. The molecule has 182 valence electrons. The molecule has 4 amide bonds. The molecule has 8 N–H and O–H groups in total. The first-order chi connectivity index (χ1) is 15.0. The average Bonchev–Trinajstić information content (AvgIpc) is 3.21. The highest BCUT2D eigenvalue weighted by Crippen LogP contribution is 2.20. The standard InChI is InChI=1S/C19H33N5O7S/c1-10(25)15(19(30)31)23-17(28)13-4-3-8-24(13)18(29)12(5-6-14(21)26)22-16(27)11(20)7-9-32-2/h10-13,15,25H,3-9,20H2,1-2H3,(H2,21,26)(H,22,27)(H,23,28)(H,30,31). The molecule has 0 aromatic rings. The molecular weight excluding hydrogens is 442 g/mol. The van der Waals surface area contributed by atoms with Crippen LogP contribution in [0.5, 0.6) is 0 Å². The maximum absolute atomic E-state index is 13.2. The van der Waals surface area contributed by atoms with Crippen molar-refractivity contribution in [1.29, 1.82) is 0 Å². The predicted octanol–water partition coefficient (Wildman–Crippen LogP) is -2.24. The molecule has 0 aliphatic carbocycles. The SMILES string of the molecule is CSCCC(N)C(=O)NC(CCC(N)=O)C(=O)N1CCCC1C(=O)NC(C(=O)O)C(C)O. The number of nitrogens with one attached hydrogen (secondary N) is 2. The molecule has 1 aliphatic heterocycles. The molecule has 32 heavy (non-hydrogen) atoms. The van der Waals surface area contributed by atoms with Crippen LogP contribution >= 0.6 is 11.8 Å². The molecule has 5 unspecified atom stereocenters. The number of amides is 4. The van der Waals surface area contributed by atoms with Crippen molar-refractivity contribution >= 4 is 41.4 Å². The Balaban J connectivity index is 2.95. The number of nitrogens with zero attached hydrogens (tertiary/aromatic N) is 1. The fourth-order valence-corrected chi connectivity index (χ4v) is 3.83. The maximum atomic E-state index is 13.2. The van der Waals surface area contributed by atoms with E-state index in [4.69, 9.17) is 11.5 Å². The van der Waals surface area contributed by atoms with Crippen LogP contribution in [0.4, 0.5) is 0 Å². The zero-order valence-electron chi connectivity index (χ0n) is 18.3. The average molecular weight is 476 g/mol. The summed E-state index contributed by atoms with van der Waals surface area (Å²) in [6, 6.07) is -4.46. The third-order valence-electron chi connectivity index (χ3n) is 5.15. The summed E-state index contributed by atoms with van der Waals surface area (Å²) in [7, 11) is 0. The van der Waals surface area contributed by atoms with E-state index >= 15 is 0 Å². The van der Waals surface area contributed by atoms with Crippen molar-refractivity contribution in [1.82, 2.24) is 15.5 Å². The Morgan fingerprint density at radius 3 is 2.38 bits per heavy atom. The van der Waals surface area contributed by atoms with Crippen LogP contribution in [0.15, 0.2) is 0 Å². The van der Waals surface area contributed by atoms with Gasteiger partial charge in [-0.15, -0.1) is 0 Å². The van der Waals surface area contributed by atoms with Gasteiger partial charge in [-0.05, 0) is 44.6 Å². The van der Waals surface area contributed by atoms with Crippen LogP contribution in [0.3, 0.4) is 0 Å². The number of rotatable bonds is 13. The molecule has 1 rings (SSSR count). The third kappa shape index (κ3) is 8.28. The van der Waals surface area contributed by atoms with Crippen molar-refractivity contribution in [2.75, 3.05) is 18.6 Å². The highest BCUT2D eigenvalue weighted by atomic mass is 32.2. The maximum Gasteiger partial charge on any atom is 0.328 e. The Morgan fingerprint density at radius 2 is 1.84 bits per heavy atom. The number of aliphatic hydroxyl groups is 1. The Kier molecular flexibility index (Phi) is 11.4. The molecule has 12 nitrogen and oxygen atoms in total. The first kappa shape index (κ1) is 27.7. The second kappa shape index (κ2) is 13.2. The number of carbonyl (C=O) groups excluding carboxylic acids is 4. The van der Waals surface area contributed by atoms with Crippen LogP contribution in [0.1, 0.15) is 39.0 Å². The summed E-state index contributed by atoms with van der Waals surface area (Å²) in [6.45, 7) is 1.44. The number of primary amides is 1. The lowest BCUT2D eigenvalue weighted by molar-refractivity contribution is -0.147. The Labute approximate surface area is 190 Å². The first-order valence-corrected chi connectivity index (χ1v) is 11.7. The number of carbonyl (C=O) groups is 5. The third-order valence-corrected chi connectivity index (χ3v) is 5.79. The van der Waals surface area contributed by atoms with E-state index in [0.29, 0.717) is 18.6 Å². The number of carboxylic acid groups (broad SMARTS) is 1. The van der Waals surface area contributed by atoms with Crippen LogP contribution < -0.4 is 22.1 Å². The number of aliphatic hydroxyl groups excluding tert-OH is 1. The van der Waals surface area contributed by atoms with Crippen molar-refractivity contribution in [3.8, 4) is 0 Å². The topological polar surface area (TPSA) is 205 Å². The van der Waals surface area contributed by atoms with Gasteiger partial charge in [0.15, 0.2) is 6.04 Å². The van der Waals surface area contributed by atoms with Crippen molar-refractivity contribution in [3.63, 3.8) is 0 Å². The number of nitrogens with two attached hydrogens (primary N) is 2. The van der Waals surface area contributed by atoms with Crippen LogP contribution in [0.2, 0.25) is 0 Å². The van der Waals surface area contributed by atoms with Gasteiger partial charge in [-0.2, -0.15) is 11.8 Å². The minimum absolute atomic E-state index is 0.0641. The number of thioether (sulfide) groups is 1. The van der Waals surface area contributed by atoms with E-state index < -0.39 is 59.9 Å². The fraction of sp³-hybridized carbons (Fsp3) is 0.737. The van der Waals surface area contributed by atoms with Crippen LogP contribution in [-0.2, 0) is 24.0 Å². The van der Waals surface area contributed by atoms with Gasteiger partial charge in [-0.25, -0.2) is 4.79 Å². The first-order valence-electron chi connectivity index (χ1n) is 10.3. The molecule has 0 bridgehead atoms. The molecule has 0 radical (unpaired) electrons. The van der Waals surface area contributed by atoms with Crippen LogP contribution in [-0.4, -0.2) is 93.5 Å². The zero-order valence-corrected chi connectivity index (χ0v) is 19.1. The quantitative estimate of drug-likeness (QED) is 0.170. The van der Waals surface area contributed by atoms with Crippen molar-refractivity contribution in [2.45, 2.75) is 69.3 Å². The Morgan fingerprint density at radius 1 is 1.19 bits per heavy atom. The summed E-state index contributed by atoms with van der Waals surface area (Å²) in [5, 5.41) is 23.6. The highest BCUT2D eigenvalue weighted by Gasteiger charge is 2.39. The molecule has 0 spiro atoms. The molecule has 1 heterocycles. The number of hydrogen-bond acceptors (Lipinski definition) is 8. The molecular formula is C19H33N5O7S. The van der Waals surface area contributed by atoms with Crippen molar-refractivity contribution in [3.05, 3.63) is 0 Å². The van der Waals surface area contributed by atoms with Crippen LogP contribution in [0.25, 0.3) is 0 Å².